The number of ketones is 1. The molecule has 0 aliphatic carbocycles. The minimum atomic E-state index is -0.0318. The fourth-order valence-electron chi connectivity index (χ4n) is 3.02. The number of hydrogen-bond donors (Lipinski definition) is 0. The van der Waals surface area contributed by atoms with E-state index in [4.69, 9.17) is 11.6 Å². The van der Waals surface area contributed by atoms with Crippen LogP contribution in [-0.4, -0.2) is 29.8 Å². The van der Waals surface area contributed by atoms with Crippen LogP contribution in [0.15, 0.2) is 12.1 Å². The molecule has 2 heterocycles. The van der Waals surface area contributed by atoms with Gasteiger partial charge in [0.25, 0.3) is 0 Å². The molecule has 4 heteroatoms. The average Bonchev–Trinajstić information content (AvgIpc) is 2.70. The summed E-state index contributed by atoms with van der Waals surface area (Å²) < 4.78 is 0.691. The molecule has 1 saturated heterocycles. The van der Waals surface area contributed by atoms with Crippen molar-refractivity contribution in [3.8, 4) is 0 Å². The maximum Gasteiger partial charge on any atom is 0.189 e. The second-order valence-corrected chi connectivity index (χ2v) is 7.83. The lowest BCUT2D eigenvalue weighted by Gasteiger charge is -2.26. The minimum Gasteiger partial charge on any atom is -0.293 e. The molecule has 0 spiro atoms. The standard InChI is InChI=1S/C16H24ClNOS/c1-11(2)13-5-4-9-18(10-8-13)12(3)16(19)14-6-7-15(17)20-14/h6-7,11-13H,4-5,8-10H2,1-3H3. The van der Waals surface area contributed by atoms with Gasteiger partial charge in [0, 0.05) is 0 Å². The van der Waals surface area contributed by atoms with Crippen LogP contribution in [0.25, 0.3) is 0 Å². The third kappa shape index (κ3) is 3.84. The van der Waals surface area contributed by atoms with Crippen LogP contribution in [0.5, 0.6) is 0 Å². The predicted octanol–water partition coefficient (Wildman–Crippen LogP) is 4.73. The highest BCUT2D eigenvalue weighted by Crippen LogP contribution is 2.27. The van der Waals surface area contributed by atoms with E-state index in [-0.39, 0.29) is 11.8 Å². The normalized spacial score (nSPS) is 22.8. The van der Waals surface area contributed by atoms with Crippen LogP contribution in [-0.2, 0) is 0 Å². The summed E-state index contributed by atoms with van der Waals surface area (Å²) >= 11 is 7.32. The molecule has 0 N–H and O–H groups in total. The van der Waals surface area contributed by atoms with Crippen molar-refractivity contribution in [3.05, 3.63) is 21.3 Å². The number of rotatable bonds is 4. The number of halogens is 1. The van der Waals surface area contributed by atoms with Crippen LogP contribution in [0.3, 0.4) is 0 Å². The summed E-state index contributed by atoms with van der Waals surface area (Å²) in [4.78, 5) is 15.6. The SMILES string of the molecule is CC(C)C1CCCN(C(C)C(=O)c2ccc(Cl)s2)CC1. The van der Waals surface area contributed by atoms with Crippen LogP contribution < -0.4 is 0 Å². The molecule has 1 aromatic rings. The summed E-state index contributed by atoms with van der Waals surface area (Å²) in [6, 6.07) is 3.62. The van der Waals surface area contributed by atoms with Gasteiger partial charge in [-0.1, -0.05) is 25.4 Å². The van der Waals surface area contributed by atoms with Crippen molar-refractivity contribution in [2.45, 2.75) is 46.1 Å². The molecule has 2 nitrogen and oxygen atoms in total. The van der Waals surface area contributed by atoms with E-state index in [9.17, 15) is 4.79 Å². The second-order valence-electron chi connectivity index (χ2n) is 6.11. The molecule has 0 saturated carbocycles. The Morgan fingerprint density at radius 1 is 1.30 bits per heavy atom. The summed E-state index contributed by atoms with van der Waals surface area (Å²) in [5, 5.41) is 0. The third-order valence-corrected chi connectivity index (χ3v) is 5.74. The van der Waals surface area contributed by atoms with Crippen molar-refractivity contribution in [2.24, 2.45) is 11.8 Å². The number of carbonyl (C=O) groups excluding carboxylic acids is 1. The Hall–Kier alpha value is -0.380. The summed E-state index contributed by atoms with van der Waals surface area (Å²) in [6.07, 6.45) is 3.70. The average molecular weight is 314 g/mol. The zero-order chi connectivity index (χ0) is 14.7. The molecule has 20 heavy (non-hydrogen) atoms. The number of thiophene rings is 1. The Kier molecular flexibility index (Phi) is 5.65. The van der Waals surface area contributed by atoms with Crippen molar-refractivity contribution in [2.75, 3.05) is 13.1 Å². The first-order valence-corrected chi connectivity index (χ1v) is 8.72. The van der Waals surface area contributed by atoms with Crippen LogP contribution in [0, 0.1) is 11.8 Å². The molecule has 0 radical (unpaired) electrons. The summed E-state index contributed by atoms with van der Waals surface area (Å²) in [5.74, 6) is 1.76. The molecule has 1 aromatic heterocycles. The summed E-state index contributed by atoms with van der Waals surface area (Å²) in [7, 11) is 0. The van der Waals surface area contributed by atoms with Crippen LogP contribution >= 0.6 is 22.9 Å². The predicted molar refractivity (Wildman–Crippen MR) is 86.9 cm³/mol. The van der Waals surface area contributed by atoms with Crippen LogP contribution in [0.4, 0.5) is 0 Å². The van der Waals surface area contributed by atoms with Gasteiger partial charge in [-0.15, -0.1) is 11.3 Å². The van der Waals surface area contributed by atoms with Crippen molar-refractivity contribution >= 4 is 28.7 Å². The molecule has 112 valence electrons. The zero-order valence-electron chi connectivity index (χ0n) is 12.6. The van der Waals surface area contributed by atoms with Gasteiger partial charge < -0.3 is 0 Å². The lowest BCUT2D eigenvalue weighted by atomic mass is 9.89. The molecular weight excluding hydrogens is 290 g/mol. The van der Waals surface area contributed by atoms with Gasteiger partial charge >= 0.3 is 0 Å². The molecule has 2 rings (SSSR count). The highest BCUT2D eigenvalue weighted by Gasteiger charge is 2.27. The summed E-state index contributed by atoms with van der Waals surface area (Å²) in [6.45, 7) is 8.72. The largest absolute Gasteiger partial charge is 0.293 e. The first-order chi connectivity index (χ1) is 9.49. The monoisotopic (exact) mass is 313 g/mol. The lowest BCUT2D eigenvalue weighted by molar-refractivity contribution is 0.0844. The summed E-state index contributed by atoms with van der Waals surface area (Å²) in [5.41, 5.74) is 0. The Morgan fingerprint density at radius 3 is 2.65 bits per heavy atom. The van der Waals surface area contributed by atoms with E-state index < -0.39 is 0 Å². The molecule has 0 aromatic carbocycles. The van der Waals surface area contributed by atoms with Crippen molar-refractivity contribution < 1.29 is 4.79 Å². The number of likely N-dealkylation sites (tertiary alicyclic amines) is 1. The van der Waals surface area contributed by atoms with Crippen molar-refractivity contribution in [1.29, 1.82) is 0 Å². The Morgan fingerprint density at radius 2 is 2.05 bits per heavy atom. The second kappa shape index (κ2) is 7.06. The van der Waals surface area contributed by atoms with Crippen molar-refractivity contribution in [3.63, 3.8) is 0 Å². The quantitative estimate of drug-likeness (QED) is 0.749. The molecule has 1 aliphatic heterocycles. The van der Waals surface area contributed by atoms with E-state index in [1.54, 1.807) is 0 Å². The van der Waals surface area contributed by atoms with E-state index in [0.29, 0.717) is 4.34 Å². The number of Topliss-reactive ketones (excluding diaryl/α,β-unsaturated/α-hetero) is 1. The van der Waals surface area contributed by atoms with Crippen LogP contribution in [0.2, 0.25) is 4.34 Å². The topological polar surface area (TPSA) is 20.3 Å². The molecular formula is C16H24ClNOS. The number of nitrogens with zero attached hydrogens (tertiary/aromatic N) is 1. The van der Waals surface area contributed by atoms with Crippen LogP contribution in [0.1, 0.15) is 49.7 Å². The maximum absolute atomic E-state index is 12.5. The highest BCUT2D eigenvalue weighted by atomic mass is 35.5. The van der Waals surface area contributed by atoms with Gasteiger partial charge in [-0.2, -0.15) is 0 Å². The molecule has 0 bridgehead atoms. The molecule has 1 aliphatic rings. The van der Waals surface area contributed by atoms with Gasteiger partial charge in [-0.3, -0.25) is 9.69 Å². The fraction of sp³-hybridized carbons (Fsp3) is 0.688. The Balaban J connectivity index is 1.98. The van der Waals surface area contributed by atoms with E-state index in [0.717, 1.165) is 29.8 Å². The molecule has 1 fully saturated rings. The van der Waals surface area contributed by atoms with E-state index in [2.05, 4.69) is 18.7 Å². The first-order valence-electron chi connectivity index (χ1n) is 7.52. The number of hydrogen-bond acceptors (Lipinski definition) is 3. The Labute approximate surface area is 131 Å². The fourth-order valence-corrected chi connectivity index (χ4v) is 4.08. The van der Waals surface area contributed by atoms with E-state index >= 15 is 0 Å². The molecule has 0 amide bonds. The van der Waals surface area contributed by atoms with E-state index in [1.165, 1.54) is 30.6 Å². The van der Waals surface area contributed by atoms with Gasteiger partial charge in [0.15, 0.2) is 5.78 Å². The maximum atomic E-state index is 12.5. The van der Waals surface area contributed by atoms with Gasteiger partial charge in [-0.05, 0) is 63.2 Å². The smallest absolute Gasteiger partial charge is 0.189 e. The highest BCUT2D eigenvalue weighted by molar-refractivity contribution is 7.18. The van der Waals surface area contributed by atoms with Gasteiger partial charge in [0.1, 0.15) is 0 Å². The first kappa shape index (κ1) is 16.0. The third-order valence-electron chi connectivity index (χ3n) is 4.49. The van der Waals surface area contributed by atoms with Gasteiger partial charge in [-0.25, -0.2) is 0 Å². The lowest BCUT2D eigenvalue weighted by Crippen LogP contribution is -2.39. The van der Waals surface area contributed by atoms with Gasteiger partial charge in [0.05, 0.1) is 15.3 Å². The zero-order valence-corrected chi connectivity index (χ0v) is 14.1. The minimum absolute atomic E-state index is 0.0318. The molecule has 2 atom stereocenters. The number of carbonyl (C=O) groups is 1. The van der Waals surface area contributed by atoms with Crippen molar-refractivity contribution in [1.82, 2.24) is 4.90 Å². The molecule has 2 unspecified atom stereocenters. The Bertz CT molecular complexity index is 457. The van der Waals surface area contributed by atoms with Gasteiger partial charge in [0.2, 0.25) is 0 Å². The van der Waals surface area contributed by atoms with E-state index in [1.807, 2.05) is 19.1 Å².